The summed E-state index contributed by atoms with van der Waals surface area (Å²) in [6.07, 6.45) is 4.38. The van der Waals surface area contributed by atoms with E-state index < -0.39 is 0 Å². The fraction of sp³-hybridized carbons (Fsp3) is 0.611. The minimum absolute atomic E-state index is 0.177. The van der Waals surface area contributed by atoms with Crippen molar-refractivity contribution in [3.8, 4) is 0 Å². The number of alkyl halides is 1. The lowest BCUT2D eigenvalue weighted by molar-refractivity contribution is -0.121. The number of hydrogen-bond acceptors (Lipinski definition) is 1. The van der Waals surface area contributed by atoms with Gasteiger partial charge in [-0.2, -0.15) is 0 Å². The fourth-order valence-electron chi connectivity index (χ4n) is 3.20. The summed E-state index contributed by atoms with van der Waals surface area (Å²) >= 11 is 3.45. The Hall–Kier alpha value is -0.830. The van der Waals surface area contributed by atoms with E-state index in [1.54, 1.807) is 0 Å². The molecule has 1 aromatic rings. The van der Waals surface area contributed by atoms with Crippen LogP contribution in [-0.4, -0.2) is 5.91 Å². The number of carbonyl (C=O) groups is 1. The van der Waals surface area contributed by atoms with E-state index in [-0.39, 0.29) is 11.8 Å². The maximum atomic E-state index is 12.4. The Balaban J connectivity index is 1.90. The van der Waals surface area contributed by atoms with Gasteiger partial charge in [0.1, 0.15) is 0 Å². The maximum Gasteiger partial charge on any atom is 0.227 e. The van der Waals surface area contributed by atoms with E-state index in [1.165, 1.54) is 18.4 Å². The van der Waals surface area contributed by atoms with E-state index in [2.05, 4.69) is 48.1 Å². The van der Waals surface area contributed by atoms with Gasteiger partial charge in [0.15, 0.2) is 0 Å². The lowest BCUT2D eigenvalue weighted by atomic mass is 9.69. The first-order chi connectivity index (χ1) is 9.90. The quantitative estimate of drug-likeness (QED) is 0.728. The molecule has 116 valence electrons. The van der Waals surface area contributed by atoms with Crippen molar-refractivity contribution in [3.05, 3.63) is 29.8 Å². The third-order valence-corrected chi connectivity index (χ3v) is 5.32. The molecule has 0 spiro atoms. The zero-order valence-electron chi connectivity index (χ0n) is 13.3. The predicted octanol–water partition coefficient (Wildman–Crippen LogP) is 5.37. The average Bonchev–Trinajstić information content (AvgIpc) is 2.46. The van der Waals surface area contributed by atoms with Crippen molar-refractivity contribution in [2.24, 2.45) is 17.3 Å². The average molecular weight is 352 g/mol. The number of carbonyl (C=O) groups excluding carboxylic acids is 1. The largest absolute Gasteiger partial charge is 0.326 e. The van der Waals surface area contributed by atoms with Crippen molar-refractivity contribution in [2.75, 3.05) is 5.32 Å². The highest BCUT2D eigenvalue weighted by atomic mass is 79.9. The molecule has 2 nitrogen and oxygen atoms in total. The Morgan fingerprint density at radius 3 is 2.48 bits per heavy atom. The Morgan fingerprint density at radius 2 is 1.90 bits per heavy atom. The van der Waals surface area contributed by atoms with Crippen LogP contribution in [0, 0.1) is 17.3 Å². The van der Waals surface area contributed by atoms with Crippen molar-refractivity contribution in [2.45, 2.75) is 51.8 Å². The van der Waals surface area contributed by atoms with Gasteiger partial charge in [-0.3, -0.25) is 4.79 Å². The molecule has 0 radical (unpaired) electrons. The Bertz CT molecular complexity index is 484. The topological polar surface area (TPSA) is 29.1 Å². The van der Waals surface area contributed by atoms with Crippen LogP contribution in [0.3, 0.4) is 0 Å². The summed E-state index contributed by atoms with van der Waals surface area (Å²) in [7, 11) is 0. The number of benzene rings is 1. The number of hydrogen-bond donors (Lipinski definition) is 1. The third-order valence-electron chi connectivity index (χ3n) is 4.67. The zero-order valence-corrected chi connectivity index (χ0v) is 14.9. The molecule has 1 N–H and O–H groups in total. The molecule has 0 aromatic heterocycles. The van der Waals surface area contributed by atoms with E-state index in [9.17, 15) is 4.79 Å². The molecule has 0 aliphatic heterocycles. The second-order valence-electron chi connectivity index (χ2n) is 7.24. The van der Waals surface area contributed by atoms with Crippen molar-refractivity contribution >= 4 is 27.5 Å². The smallest absolute Gasteiger partial charge is 0.227 e. The fourth-order valence-corrected chi connectivity index (χ4v) is 3.55. The molecule has 21 heavy (non-hydrogen) atoms. The SMILES string of the molecule is CC(C)(C)C1CCC(C(=O)Nc2cccc(CBr)c2)CC1. The molecule has 1 fully saturated rings. The second-order valence-corrected chi connectivity index (χ2v) is 7.80. The van der Waals surface area contributed by atoms with Gasteiger partial charge in [0, 0.05) is 16.9 Å². The molecule has 0 saturated heterocycles. The van der Waals surface area contributed by atoms with Crippen LogP contribution in [0.5, 0.6) is 0 Å². The van der Waals surface area contributed by atoms with Crippen LogP contribution >= 0.6 is 15.9 Å². The van der Waals surface area contributed by atoms with Crippen LogP contribution in [0.1, 0.15) is 52.0 Å². The van der Waals surface area contributed by atoms with Crippen molar-refractivity contribution in [1.82, 2.24) is 0 Å². The molecular weight excluding hydrogens is 326 g/mol. The monoisotopic (exact) mass is 351 g/mol. The van der Waals surface area contributed by atoms with Crippen molar-refractivity contribution in [3.63, 3.8) is 0 Å². The number of rotatable bonds is 3. The standard InChI is InChI=1S/C18H26BrNO/c1-18(2,3)15-9-7-14(8-10-15)17(21)20-16-6-4-5-13(11-16)12-19/h4-6,11,14-15H,7-10,12H2,1-3H3,(H,20,21). The van der Waals surface area contributed by atoms with Crippen LogP contribution < -0.4 is 5.32 Å². The normalized spacial score (nSPS) is 22.9. The van der Waals surface area contributed by atoms with Gasteiger partial charge in [-0.1, -0.05) is 48.8 Å². The van der Waals surface area contributed by atoms with Gasteiger partial charge in [0.05, 0.1) is 0 Å². The summed E-state index contributed by atoms with van der Waals surface area (Å²) in [6, 6.07) is 8.04. The summed E-state index contributed by atoms with van der Waals surface area (Å²) < 4.78 is 0. The van der Waals surface area contributed by atoms with Gasteiger partial charge in [-0.15, -0.1) is 0 Å². The van der Waals surface area contributed by atoms with Gasteiger partial charge < -0.3 is 5.32 Å². The molecule has 0 unspecified atom stereocenters. The third kappa shape index (κ3) is 4.57. The number of nitrogens with one attached hydrogen (secondary N) is 1. The molecule has 0 heterocycles. The Morgan fingerprint density at radius 1 is 1.24 bits per heavy atom. The van der Waals surface area contributed by atoms with Crippen LogP contribution in [0.25, 0.3) is 0 Å². The molecule has 1 saturated carbocycles. The highest BCUT2D eigenvalue weighted by Crippen LogP contribution is 2.40. The van der Waals surface area contributed by atoms with Gasteiger partial charge in [-0.25, -0.2) is 0 Å². The first-order valence-electron chi connectivity index (χ1n) is 7.86. The Kier molecular flexibility index (Phi) is 5.48. The van der Waals surface area contributed by atoms with Gasteiger partial charge in [0.2, 0.25) is 5.91 Å². The molecule has 0 atom stereocenters. The molecule has 3 heteroatoms. The number of halogens is 1. The molecule has 1 amide bonds. The summed E-state index contributed by atoms with van der Waals surface area (Å²) in [6.45, 7) is 6.93. The van der Waals surface area contributed by atoms with Crippen molar-refractivity contribution < 1.29 is 4.79 Å². The summed E-state index contributed by atoms with van der Waals surface area (Å²) in [5.41, 5.74) is 2.46. The Labute approximate surface area is 136 Å². The molecule has 1 aliphatic carbocycles. The van der Waals surface area contributed by atoms with Crippen LogP contribution in [0.15, 0.2) is 24.3 Å². The first kappa shape index (κ1) is 16.5. The lowest BCUT2D eigenvalue weighted by Gasteiger charge is -2.36. The van der Waals surface area contributed by atoms with E-state index >= 15 is 0 Å². The molecule has 2 rings (SSSR count). The minimum Gasteiger partial charge on any atom is -0.326 e. The van der Waals surface area contributed by atoms with Gasteiger partial charge in [-0.05, 0) is 54.7 Å². The second kappa shape index (κ2) is 6.95. The van der Waals surface area contributed by atoms with E-state index in [4.69, 9.17) is 0 Å². The molecular formula is C18H26BrNO. The number of anilines is 1. The van der Waals surface area contributed by atoms with Crippen LogP contribution in [0.2, 0.25) is 0 Å². The van der Waals surface area contributed by atoms with Gasteiger partial charge in [0.25, 0.3) is 0 Å². The van der Waals surface area contributed by atoms with E-state index in [0.717, 1.165) is 29.8 Å². The predicted molar refractivity (Wildman–Crippen MR) is 92.6 cm³/mol. The summed E-state index contributed by atoms with van der Waals surface area (Å²) in [4.78, 5) is 12.4. The first-order valence-corrected chi connectivity index (χ1v) is 8.98. The van der Waals surface area contributed by atoms with Crippen LogP contribution in [-0.2, 0) is 10.1 Å². The maximum absolute atomic E-state index is 12.4. The minimum atomic E-state index is 0.177. The van der Waals surface area contributed by atoms with E-state index in [0.29, 0.717) is 5.41 Å². The highest BCUT2D eigenvalue weighted by molar-refractivity contribution is 9.08. The number of amides is 1. The lowest BCUT2D eigenvalue weighted by Crippen LogP contribution is -2.31. The highest BCUT2D eigenvalue weighted by Gasteiger charge is 2.32. The van der Waals surface area contributed by atoms with Gasteiger partial charge >= 0.3 is 0 Å². The summed E-state index contributed by atoms with van der Waals surface area (Å²) in [5, 5.41) is 3.89. The zero-order chi connectivity index (χ0) is 15.5. The molecule has 1 aliphatic rings. The molecule has 1 aromatic carbocycles. The summed E-state index contributed by atoms with van der Waals surface area (Å²) in [5.74, 6) is 1.11. The molecule has 0 bridgehead atoms. The van der Waals surface area contributed by atoms with Crippen LogP contribution in [0.4, 0.5) is 5.69 Å². The van der Waals surface area contributed by atoms with Crippen molar-refractivity contribution in [1.29, 1.82) is 0 Å². The van der Waals surface area contributed by atoms with E-state index in [1.807, 2.05) is 18.2 Å².